The number of benzene rings is 2. The summed E-state index contributed by atoms with van der Waals surface area (Å²) in [6.07, 6.45) is -0.291. The summed E-state index contributed by atoms with van der Waals surface area (Å²) in [6.45, 7) is 1.83. The highest BCUT2D eigenvalue weighted by atomic mass is 79.9. The third kappa shape index (κ3) is 5.14. The van der Waals surface area contributed by atoms with E-state index in [-0.39, 0.29) is 18.7 Å². The zero-order valence-electron chi connectivity index (χ0n) is 12.0. The number of aryl methyl sites for hydroxylation is 1. The molecule has 2 aromatic rings. The fourth-order valence-electron chi connectivity index (χ4n) is 1.67. The van der Waals surface area contributed by atoms with Crippen molar-refractivity contribution in [3.8, 4) is 5.75 Å². The minimum Gasteiger partial charge on any atom is -0.515 e. The summed E-state index contributed by atoms with van der Waals surface area (Å²) in [7, 11) is 0. The Balaban J connectivity index is 1.76. The molecule has 3 N–H and O–H groups in total. The summed E-state index contributed by atoms with van der Waals surface area (Å²) in [5.74, 6) is 0.595. The highest BCUT2D eigenvalue weighted by molar-refractivity contribution is 9.10. The number of ether oxygens (including phenoxy) is 1. The first kappa shape index (κ1) is 16.5. The summed E-state index contributed by atoms with van der Waals surface area (Å²) in [5, 5.41) is 17.4. The Morgan fingerprint density at radius 1 is 1.32 bits per heavy atom. The van der Waals surface area contributed by atoms with Gasteiger partial charge in [-0.05, 0) is 36.8 Å². The minimum atomic E-state index is -0.291. The Morgan fingerprint density at radius 2 is 2.05 bits per heavy atom. The van der Waals surface area contributed by atoms with Crippen LogP contribution in [0, 0.1) is 18.6 Å². The van der Waals surface area contributed by atoms with Gasteiger partial charge < -0.3 is 20.1 Å². The van der Waals surface area contributed by atoms with Crippen molar-refractivity contribution in [1.29, 1.82) is 5.41 Å². The molecule has 22 heavy (non-hydrogen) atoms. The predicted octanol–water partition coefficient (Wildman–Crippen LogP) is 4.32. The molecule has 0 saturated carbocycles. The number of halogens is 1. The lowest BCUT2D eigenvalue weighted by Gasteiger charge is -2.23. The van der Waals surface area contributed by atoms with Crippen molar-refractivity contribution in [1.82, 2.24) is 0 Å². The van der Waals surface area contributed by atoms with Gasteiger partial charge in [-0.25, -0.2) is 5.48 Å². The number of hydrogen-bond donors (Lipinski definition) is 2. The van der Waals surface area contributed by atoms with Crippen LogP contribution in [0.15, 0.2) is 53.0 Å². The fourth-order valence-corrected chi connectivity index (χ4v) is 1.93. The number of nitrogens with zero attached hydrogens (tertiary/aromatic N) is 1. The van der Waals surface area contributed by atoms with E-state index < -0.39 is 0 Å². The highest BCUT2D eigenvalue weighted by Crippen LogP contribution is 2.17. The summed E-state index contributed by atoms with van der Waals surface area (Å²) in [6, 6.07) is 14.6. The molecule has 0 aliphatic heterocycles. The maximum Gasteiger partial charge on any atom is 0.136 e. The molecule has 0 bridgehead atoms. The van der Waals surface area contributed by atoms with E-state index in [2.05, 4.69) is 26.2 Å². The van der Waals surface area contributed by atoms with E-state index in [9.17, 15) is 5.11 Å². The van der Waals surface area contributed by atoms with Crippen LogP contribution in [0.3, 0.4) is 0 Å². The van der Waals surface area contributed by atoms with E-state index in [1.165, 1.54) is 0 Å². The largest absolute Gasteiger partial charge is 0.515 e. The standard InChI is InChI=1S/C16H16BrN2O3/c1-11-3-2-4-12(9-11)16(18)19-22-15(20)10-21-14-7-5-13(17)6-8-14/h2-9,20,22H,10H2,1H3,(H-,18,19)/q-1. The van der Waals surface area contributed by atoms with Gasteiger partial charge in [-0.2, -0.15) is 0 Å². The average Bonchev–Trinajstić information content (AvgIpc) is 2.52. The number of rotatable bonds is 6. The topological polar surface area (TPSA) is 80.2 Å². The molecule has 0 fully saturated rings. The van der Waals surface area contributed by atoms with Crippen molar-refractivity contribution < 1.29 is 14.7 Å². The summed E-state index contributed by atoms with van der Waals surface area (Å²) in [5.41, 5.74) is 5.37. The lowest BCUT2D eigenvalue weighted by molar-refractivity contribution is -0.0828. The summed E-state index contributed by atoms with van der Waals surface area (Å²) < 4.78 is 6.29. The molecule has 5 nitrogen and oxygen atoms in total. The molecule has 0 spiro atoms. The summed E-state index contributed by atoms with van der Waals surface area (Å²) >= 11 is 3.33. The van der Waals surface area contributed by atoms with Crippen LogP contribution in [0.4, 0.5) is 0 Å². The molecule has 0 unspecified atom stereocenters. The lowest BCUT2D eigenvalue weighted by Crippen LogP contribution is -2.16. The van der Waals surface area contributed by atoms with Crippen LogP contribution in [-0.2, 0) is 0 Å². The SMILES string of the molecule is Cc1cccc(C(=N)[N-][OH+][C-](O)COc2ccc(Br)cc2)c1. The van der Waals surface area contributed by atoms with Crippen molar-refractivity contribution in [3.05, 3.63) is 75.9 Å². The lowest BCUT2D eigenvalue weighted by atomic mass is 10.1. The van der Waals surface area contributed by atoms with Crippen LogP contribution in [0.1, 0.15) is 11.1 Å². The van der Waals surface area contributed by atoms with Gasteiger partial charge in [0.2, 0.25) is 0 Å². The molecular formula is C16H16BrN2O3-. The van der Waals surface area contributed by atoms with Gasteiger partial charge in [-0.15, -0.1) is 0 Å². The van der Waals surface area contributed by atoms with E-state index >= 15 is 0 Å². The molecule has 116 valence electrons. The van der Waals surface area contributed by atoms with E-state index in [4.69, 9.17) is 10.1 Å². The fraction of sp³-hybridized carbons (Fsp3) is 0.125. The third-order valence-corrected chi connectivity index (χ3v) is 3.27. The molecular weight excluding hydrogens is 348 g/mol. The van der Waals surface area contributed by atoms with Gasteiger partial charge in [0.05, 0.1) is 6.61 Å². The number of hydrogen-bond acceptors (Lipinski definition) is 3. The monoisotopic (exact) mass is 363 g/mol. The van der Waals surface area contributed by atoms with Gasteiger partial charge >= 0.3 is 0 Å². The molecule has 0 aliphatic carbocycles. The zero-order valence-corrected chi connectivity index (χ0v) is 13.5. The molecule has 6 heteroatoms. The van der Waals surface area contributed by atoms with Crippen molar-refractivity contribution in [2.24, 2.45) is 0 Å². The Hall–Kier alpha value is -1.89. The quantitative estimate of drug-likeness (QED) is 0.263. The normalized spacial score (nSPS) is 10.5. The second kappa shape index (κ2) is 7.93. The van der Waals surface area contributed by atoms with Crippen LogP contribution < -0.4 is 4.74 Å². The maximum absolute atomic E-state index is 9.64. The number of nitrogens with one attached hydrogen (secondary N) is 1. The average molecular weight is 364 g/mol. The Bertz CT molecular complexity index is 632. The van der Waals surface area contributed by atoms with Gasteiger partial charge in [-0.1, -0.05) is 45.8 Å². The molecule has 0 heterocycles. The van der Waals surface area contributed by atoms with Gasteiger partial charge in [0, 0.05) is 10.3 Å². The molecule has 0 saturated heterocycles. The van der Waals surface area contributed by atoms with Crippen molar-refractivity contribution in [2.45, 2.75) is 6.92 Å². The molecule has 0 aromatic heterocycles. The Labute approximate surface area is 137 Å². The van der Waals surface area contributed by atoms with E-state index in [0.717, 1.165) is 10.0 Å². The first-order valence-electron chi connectivity index (χ1n) is 6.55. The second-order valence-electron chi connectivity index (χ2n) is 4.58. The van der Waals surface area contributed by atoms with Gasteiger partial charge in [-0.3, -0.25) is 0 Å². The first-order chi connectivity index (χ1) is 10.5. The van der Waals surface area contributed by atoms with Crippen molar-refractivity contribution in [2.75, 3.05) is 6.61 Å². The number of amidine groups is 1. The molecule has 2 aromatic carbocycles. The number of hydroxylamine groups is 1. The van der Waals surface area contributed by atoms with E-state index in [1.54, 1.807) is 18.2 Å². The van der Waals surface area contributed by atoms with Crippen LogP contribution in [0.25, 0.3) is 5.48 Å². The Morgan fingerprint density at radius 3 is 2.73 bits per heavy atom. The van der Waals surface area contributed by atoms with Crippen molar-refractivity contribution >= 4 is 21.8 Å². The molecule has 0 amide bonds. The maximum atomic E-state index is 9.64. The second-order valence-corrected chi connectivity index (χ2v) is 5.49. The minimum absolute atomic E-state index is 0.0149. The van der Waals surface area contributed by atoms with Crippen LogP contribution in [0.5, 0.6) is 5.75 Å². The number of aliphatic hydroxyl groups is 2. The van der Waals surface area contributed by atoms with Gasteiger partial charge in [0.15, 0.2) is 0 Å². The summed E-state index contributed by atoms with van der Waals surface area (Å²) in [4.78, 5) is 3.60. The van der Waals surface area contributed by atoms with Gasteiger partial charge in [0.25, 0.3) is 0 Å². The molecule has 0 atom stereocenters. The molecule has 0 aliphatic rings. The smallest absolute Gasteiger partial charge is 0.136 e. The van der Waals surface area contributed by atoms with Crippen LogP contribution >= 0.6 is 15.9 Å². The predicted molar refractivity (Wildman–Crippen MR) is 88.0 cm³/mol. The third-order valence-electron chi connectivity index (χ3n) is 2.74. The van der Waals surface area contributed by atoms with E-state index in [1.807, 2.05) is 37.3 Å². The molecule has 2 rings (SSSR count). The van der Waals surface area contributed by atoms with Gasteiger partial charge in [0.1, 0.15) is 12.0 Å². The van der Waals surface area contributed by atoms with E-state index in [0.29, 0.717) is 11.3 Å². The van der Waals surface area contributed by atoms with Crippen molar-refractivity contribution in [3.63, 3.8) is 0 Å². The van der Waals surface area contributed by atoms with Crippen LogP contribution in [0.2, 0.25) is 0 Å². The number of aliphatic hydroxyl groups excluding tert-OH is 1. The molecule has 0 radical (unpaired) electrons. The zero-order chi connectivity index (χ0) is 15.9. The Kier molecular flexibility index (Phi) is 5.94. The first-order valence-corrected chi connectivity index (χ1v) is 7.34. The van der Waals surface area contributed by atoms with Crippen LogP contribution in [-0.4, -0.2) is 22.4 Å². The highest BCUT2D eigenvalue weighted by Gasteiger charge is 2.01.